The van der Waals surface area contributed by atoms with Gasteiger partial charge in [0.1, 0.15) is 0 Å². The maximum Gasteiger partial charge on any atom is 0.0849 e. The van der Waals surface area contributed by atoms with Gasteiger partial charge in [0.2, 0.25) is 0 Å². The molecule has 0 bridgehead atoms. The third-order valence-corrected chi connectivity index (χ3v) is 3.62. The average molecular weight is 254 g/mol. The highest BCUT2D eigenvalue weighted by Gasteiger charge is 2.22. The van der Waals surface area contributed by atoms with Crippen molar-refractivity contribution in [2.45, 2.75) is 25.0 Å². The minimum atomic E-state index is -0.237. The van der Waals surface area contributed by atoms with Gasteiger partial charge in [-0.15, -0.1) is 0 Å². The molecule has 2 nitrogen and oxygen atoms in total. The van der Waals surface area contributed by atoms with Crippen LogP contribution in [0, 0.1) is 0 Å². The first-order valence-electron chi connectivity index (χ1n) is 6.78. The fourth-order valence-corrected chi connectivity index (χ4v) is 2.56. The molecule has 1 fully saturated rings. The zero-order valence-corrected chi connectivity index (χ0v) is 10.8. The van der Waals surface area contributed by atoms with Crippen molar-refractivity contribution in [3.63, 3.8) is 0 Å². The maximum atomic E-state index is 9.75. The summed E-state index contributed by atoms with van der Waals surface area (Å²) in [4.78, 5) is 0. The SMILES string of the molecule is OC1CCOC(c2cccc(-c3ccccc3)c2)C1. The van der Waals surface area contributed by atoms with Gasteiger partial charge >= 0.3 is 0 Å². The first-order valence-corrected chi connectivity index (χ1v) is 6.78. The van der Waals surface area contributed by atoms with Crippen molar-refractivity contribution in [3.05, 3.63) is 60.2 Å². The van der Waals surface area contributed by atoms with E-state index in [1.54, 1.807) is 0 Å². The molecule has 0 saturated carbocycles. The lowest BCUT2D eigenvalue weighted by Crippen LogP contribution is -2.23. The molecule has 2 aromatic rings. The van der Waals surface area contributed by atoms with Crippen molar-refractivity contribution in [1.82, 2.24) is 0 Å². The van der Waals surface area contributed by atoms with Gasteiger partial charge in [-0.3, -0.25) is 0 Å². The monoisotopic (exact) mass is 254 g/mol. The van der Waals surface area contributed by atoms with E-state index < -0.39 is 0 Å². The molecule has 1 heterocycles. The Labute approximate surface area is 113 Å². The molecule has 1 N–H and O–H groups in total. The predicted octanol–water partition coefficient (Wildman–Crippen LogP) is 3.57. The summed E-state index contributed by atoms with van der Waals surface area (Å²) >= 11 is 0. The van der Waals surface area contributed by atoms with Crippen molar-refractivity contribution in [2.75, 3.05) is 6.61 Å². The number of hydrogen-bond acceptors (Lipinski definition) is 2. The number of aliphatic hydroxyl groups excluding tert-OH is 1. The van der Waals surface area contributed by atoms with E-state index in [0.29, 0.717) is 13.0 Å². The lowest BCUT2D eigenvalue weighted by atomic mass is 9.96. The summed E-state index contributed by atoms with van der Waals surface area (Å²) < 4.78 is 5.77. The number of aliphatic hydroxyl groups is 1. The van der Waals surface area contributed by atoms with Crippen LogP contribution in [0.1, 0.15) is 24.5 Å². The lowest BCUT2D eigenvalue weighted by Gasteiger charge is -2.27. The van der Waals surface area contributed by atoms with Crippen molar-refractivity contribution in [2.24, 2.45) is 0 Å². The van der Waals surface area contributed by atoms with Gasteiger partial charge < -0.3 is 9.84 Å². The van der Waals surface area contributed by atoms with Crippen LogP contribution in [0.5, 0.6) is 0 Å². The van der Waals surface area contributed by atoms with Gasteiger partial charge in [0.05, 0.1) is 12.2 Å². The molecule has 0 aliphatic carbocycles. The summed E-state index contributed by atoms with van der Waals surface area (Å²) in [5.74, 6) is 0. The van der Waals surface area contributed by atoms with E-state index in [0.717, 1.165) is 12.0 Å². The van der Waals surface area contributed by atoms with E-state index in [4.69, 9.17) is 4.74 Å². The Morgan fingerprint density at radius 3 is 2.53 bits per heavy atom. The van der Waals surface area contributed by atoms with Crippen molar-refractivity contribution < 1.29 is 9.84 Å². The minimum Gasteiger partial charge on any atom is -0.393 e. The zero-order chi connectivity index (χ0) is 13.1. The van der Waals surface area contributed by atoms with E-state index in [9.17, 15) is 5.11 Å². The van der Waals surface area contributed by atoms with Gasteiger partial charge in [-0.25, -0.2) is 0 Å². The number of benzene rings is 2. The second kappa shape index (κ2) is 5.55. The van der Waals surface area contributed by atoms with Crippen molar-refractivity contribution in [3.8, 4) is 11.1 Å². The Morgan fingerprint density at radius 2 is 1.74 bits per heavy atom. The fourth-order valence-electron chi connectivity index (χ4n) is 2.56. The van der Waals surface area contributed by atoms with Crippen LogP contribution in [0.15, 0.2) is 54.6 Å². The van der Waals surface area contributed by atoms with E-state index in [-0.39, 0.29) is 12.2 Å². The molecule has 0 amide bonds. The average Bonchev–Trinajstić information content (AvgIpc) is 2.48. The topological polar surface area (TPSA) is 29.5 Å². The third-order valence-electron chi connectivity index (χ3n) is 3.62. The zero-order valence-electron chi connectivity index (χ0n) is 10.8. The first-order chi connectivity index (χ1) is 9.33. The summed E-state index contributed by atoms with van der Waals surface area (Å²) in [6.45, 7) is 0.640. The maximum absolute atomic E-state index is 9.75. The molecule has 2 atom stereocenters. The minimum absolute atomic E-state index is 0.0208. The first kappa shape index (κ1) is 12.4. The van der Waals surface area contributed by atoms with Crippen molar-refractivity contribution >= 4 is 0 Å². The molecule has 3 rings (SSSR count). The molecule has 1 aliphatic rings. The number of rotatable bonds is 2. The summed E-state index contributed by atoms with van der Waals surface area (Å²) in [7, 11) is 0. The normalized spacial score (nSPS) is 23.2. The highest BCUT2D eigenvalue weighted by molar-refractivity contribution is 5.64. The van der Waals surface area contributed by atoms with Crippen LogP contribution >= 0.6 is 0 Å². The number of ether oxygens (including phenoxy) is 1. The molecule has 1 saturated heterocycles. The van der Waals surface area contributed by atoms with Crippen LogP contribution in [-0.4, -0.2) is 17.8 Å². The summed E-state index contributed by atoms with van der Waals surface area (Å²) in [6.07, 6.45) is 1.22. The fraction of sp³-hybridized carbons (Fsp3) is 0.294. The van der Waals surface area contributed by atoms with Crippen LogP contribution in [0.4, 0.5) is 0 Å². The molecule has 2 aromatic carbocycles. The second-order valence-electron chi connectivity index (χ2n) is 5.03. The van der Waals surface area contributed by atoms with Gasteiger partial charge in [0, 0.05) is 13.0 Å². The Bertz CT molecular complexity index is 536. The lowest BCUT2D eigenvalue weighted by molar-refractivity contribution is -0.0447. The molecular formula is C17H18O2. The van der Waals surface area contributed by atoms with Crippen molar-refractivity contribution in [1.29, 1.82) is 0 Å². The summed E-state index contributed by atoms with van der Waals surface area (Å²) in [5.41, 5.74) is 3.56. The van der Waals surface area contributed by atoms with Crippen LogP contribution < -0.4 is 0 Å². The Kier molecular flexibility index (Phi) is 3.62. The van der Waals surface area contributed by atoms with Crippen LogP contribution in [0.25, 0.3) is 11.1 Å². The highest BCUT2D eigenvalue weighted by atomic mass is 16.5. The standard InChI is InChI=1S/C17H18O2/c18-16-9-10-19-17(12-16)15-8-4-7-14(11-15)13-5-2-1-3-6-13/h1-8,11,16-18H,9-10,12H2. The van der Waals surface area contributed by atoms with Crippen LogP contribution in [0.3, 0.4) is 0 Å². The van der Waals surface area contributed by atoms with E-state index in [1.807, 2.05) is 18.2 Å². The van der Waals surface area contributed by atoms with E-state index in [2.05, 4.69) is 36.4 Å². The molecule has 0 aromatic heterocycles. The Morgan fingerprint density at radius 1 is 0.947 bits per heavy atom. The quantitative estimate of drug-likeness (QED) is 0.887. The molecule has 2 heteroatoms. The smallest absolute Gasteiger partial charge is 0.0849 e. The Hall–Kier alpha value is -1.64. The van der Waals surface area contributed by atoms with Crippen LogP contribution in [0.2, 0.25) is 0 Å². The van der Waals surface area contributed by atoms with E-state index in [1.165, 1.54) is 11.1 Å². The molecule has 98 valence electrons. The molecule has 2 unspecified atom stereocenters. The van der Waals surface area contributed by atoms with Gasteiger partial charge in [-0.1, -0.05) is 48.5 Å². The summed E-state index contributed by atoms with van der Waals surface area (Å²) in [6, 6.07) is 18.7. The molecule has 0 radical (unpaired) electrons. The summed E-state index contributed by atoms with van der Waals surface area (Å²) in [5, 5.41) is 9.75. The molecule has 1 aliphatic heterocycles. The molecular weight excluding hydrogens is 236 g/mol. The number of hydrogen-bond donors (Lipinski definition) is 1. The van der Waals surface area contributed by atoms with Gasteiger partial charge in [0.25, 0.3) is 0 Å². The van der Waals surface area contributed by atoms with Gasteiger partial charge in [-0.05, 0) is 29.2 Å². The molecule has 0 spiro atoms. The predicted molar refractivity (Wildman–Crippen MR) is 75.8 cm³/mol. The third kappa shape index (κ3) is 2.86. The van der Waals surface area contributed by atoms with Gasteiger partial charge in [0.15, 0.2) is 0 Å². The largest absolute Gasteiger partial charge is 0.393 e. The van der Waals surface area contributed by atoms with Gasteiger partial charge in [-0.2, -0.15) is 0 Å². The van der Waals surface area contributed by atoms with Crippen LogP contribution in [-0.2, 0) is 4.74 Å². The Balaban J connectivity index is 1.88. The van der Waals surface area contributed by atoms with E-state index >= 15 is 0 Å². The second-order valence-corrected chi connectivity index (χ2v) is 5.03. The molecule has 19 heavy (non-hydrogen) atoms. The highest BCUT2D eigenvalue weighted by Crippen LogP contribution is 2.30.